The lowest BCUT2D eigenvalue weighted by molar-refractivity contribution is -0.126. The number of benzene rings is 2. The van der Waals surface area contributed by atoms with Crippen molar-refractivity contribution in [2.75, 3.05) is 16.8 Å². The van der Waals surface area contributed by atoms with Gasteiger partial charge in [-0.15, -0.1) is 0 Å². The van der Waals surface area contributed by atoms with E-state index in [4.69, 9.17) is 0 Å². The predicted molar refractivity (Wildman–Crippen MR) is 107 cm³/mol. The lowest BCUT2D eigenvalue weighted by Crippen LogP contribution is -2.46. The zero-order valence-corrected chi connectivity index (χ0v) is 16.1. The number of hydrogen-bond acceptors (Lipinski definition) is 3. The van der Waals surface area contributed by atoms with Crippen LogP contribution in [-0.2, 0) is 15.0 Å². The minimum Gasteiger partial charge on any atom is -0.311 e. The maximum Gasteiger partial charge on any atom is 0.242 e. The molecule has 5 rings (SSSR count). The number of rotatable bonds is 2. The van der Waals surface area contributed by atoms with Crippen LogP contribution in [0.25, 0.3) is 5.69 Å². The number of halogens is 1. The third-order valence-electron chi connectivity index (χ3n) is 5.89. The number of hydrogen-bond donors (Lipinski definition) is 1. The summed E-state index contributed by atoms with van der Waals surface area (Å²) in [6.07, 6.45) is 1.61. The number of fused-ring (bicyclic) bond motifs is 4. The Kier molecular flexibility index (Phi) is 3.65. The maximum atomic E-state index is 14.0. The van der Waals surface area contributed by atoms with Crippen molar-refractivity contribution in [3.63, 3.8) is 0 Å². The van der Waals surface area contributed by atoms with Crippen molar-refractivity contribution in [2.45, 2.75) is 25.7 Å². The van der Waals surface area contributed by atoms with Crippen LogP contribution in [0.3, 0.4) is 0 Å². The standard InChI is InChI=1S/C22H19FN4O2/c1-3-26-18-10-14(23)8-9-15(18)22(21(26)29)11-19(28)25-20-16(22)12-24-27(20)17-7-5-4-6-13(17)2/h4-10,12H,3,11H2,1-2H3,(H,25,28). The number of nitrogens with one attached hydrogen (secondary N) is 1. The summed E-state index contributed by atoms with van der Waals surface area (Å²) in [6, 6.07) is 12.0. The van der Waals surface area contributed by atoms with E-state index in [1.165, 1.54) is 12.1 Å². The second-order valence-electron chi connectivity index (χ2n) is 7.45. The molecule has 1 atom stereocenters. The van der Waals surface area contributed by atoms with E-state index in [9.17, 15) is 14.0 Å². The summed E-state index contributed by atoms with van der Waals surface area (Å²) in [4.78, 5) is 27.9. The van der Waals surface area contributed by atoms with Crippen molar-refractivity contribution in [3.8, 4) is 5.69 Å². The summed E-state index contributed by atoms with van der Waals surface area (Å²) in [5.41, 5.74) is 2.41. The quantitative estimate of drug-likeness (QED) is 0.730. The van der Waals surface area contributed by atoms with Gasteiger partial charge in [-0.05, 0) is 43.2 Å². The molecule has 6 nitrogen and oxygen atoms in total. The van der Waals surface area contributed by atoms with Gasteiger partial charge >= 0.3 is 0 Å². The van der Waals surface area contributed by atoms with Gasteiger partial charge in [0.2, 0.25) is 11.8 Å². The molecule has 0 aliphatic carbocycles. The SMILES string of the molecule is CCN1C(=O)C2(CC(=O)Nc3c2cnn3-c2ccccc2C)c2ccc(F)cc21. The highest BCUT2D eigenvalue weighted by Crippen LogP contribution is 2.52. The fourth-order valence-corrected chi connectivity index (χ4v) is 4.57. The van der Waals surface area contributed by atoms with E-state index < -0.39 is 11.2 Å². The summed E-state index contributed by atoms with van der Waals surface area (Å²) in [5, 5.41) is 7.41. The molecule has 0 bridgehead atoms. The monoisotopic (exact) mass is 390 g/mol. The fourth-order valence-electron chi connectivity index (χ4n) is 4.57. The number of carbonyl (C=O) groups excluding carboxylic acids is 2. The van der Waals surface area contributed by atoms with Crippen molar-refractivity contribution in [1.29, 1.82) is 0 Å². The Morgan fingerprint density at radius 3 is 2.69 bits per heavy atom. The number of likely N-dealkylation sites (N-methyl/N-ethyl adjacent to an activating group) is 1. The van der Waals surface area contributed by atoms with Crippen LogP contribution < -0.4 is 10.2 Å². The Hall–Kier alpha value is -3.48. The van der Waals surface area contributed by atoms with Gasteiger partial charge in [-0.2, -0.15) is 5.10 Å². The second-order valence-corrected chi connectivity index (χ2v) is 7.45. The third kappa shape index (κ3) is 2.24. The molecular weight excluding hydrogens is 371 g/mol. The average Bonchev–Trinajstić information content (AvgIpc) is 3.20. The number of nitrogens with zero attached hydrogens (tertiary/aromatic N) is 3. The molecular formula is C22H19FN4O2. The number of aryl methyl sites for hydroxylation is 1. The van der Waals surface area contributed by atoms with Crippen LogP contribution in [0, 0.1) is 12.7 Å². The van der Waals surface area contributed by atoms with Crippen molar-refractivity contribution >= 4 is 23.3 Å². The minimum absolute atomic E-state index is 0.0343. The summed E-state index contributed by atoms with van der Waals surface area (Å²) >= 11 is 0. The topological polar surface area (TPSA) is 67.2 Å². The van der Waals surface area contributed by atoms with E-state index in [-0.39, 0.29) is 18.2 Å². The number of aromatic nitrogens is 2. The molecule has 2 aromatic carbocycles. The van der Waals surface area contributed by atoms with Crippen LogP contribution in [0.1, 0.15) is 30.0 Å². The van der Waals surface area contributed by atoms with E-state index in [0.717, 1.165) is 11.3 Å². The van der Waals surface area contributed by atoms with Crippen LogP contribution >= 0.6 is 0 Å². The number of para-hydroxylation sites is 1. The first-order valence-electron chi connectivity index (χ1n) is 9.53. The van der Waals surface area contributed by atoms with Gasteiger partial charge in [0, 0.05) is 18.5 Å². The van der Waals surface area contributed by atoms with Gasteiger partial charge in [0.1, 0.15) is 17.1 Å². The van der Waals surface area contributed by atoms with Crippen LogP contribution in [-0.4, -0.2) is 28.1 Å². The largest absolute Gasteiger partial charge is 0.311 e. The smallest absolute Gasteiger partial charge is 0.242 e. The second kappa shape index (κ2) is 6.01. The predicted octanol–water partition coefficient (Wildman–Crippen LogP) is 3.31. The molecule has 146 valence electrons. The van der Waals surface area contributed by atoms with Crippen LogP contribution in [0.2, 0.25) is 0 Å². The Balaban J connectivity index is 1.79. The lowest BCUT2D eigenvalue weighted by Gasteiger charge is -2.32. The van der Waals surface area contributed by atoms with Crippen molar-refractivity contribution in [1.82, 2.24) is 9.78 Å². The van der Waals surface area contributed by atoms with Gasteiger partial charge in [0.15, 0.2) is 0 Å². The molecule has 0 fully saturated rings. The molecule has 29 heavy (non-hydrogen) atoms. The molecule has 1 spiro atoms. The van der Waals surface area contributed by atoms with E-state index in [0.29, 0.717) is 29.2 Å². The molecule has 0 saturated heterocycles. The molecule has 1 unspecified atom stereocenters. The van der Waals surface area contributed by atoms with E-state index >= 15 is 0 Å². The summed E-state index contributed by atoms with van der Waals surface area (Å²) in [7, 11) is 0. The Morgan fingerprint density at radius 2 is 1.93 bits per heavy atom. The maximum absolute atomic E-state index is 14.0. The van der Waals surface area contributed by atoms with Gasteiger partial charge in [-0.3, -0.25) is 9.59 Å². The molecule has 7 heteroatoms. The van der Waals surface area contributed by atoms with Crippen LogP contribution in [0.5, 0.6) is 0 Å². The molecule has 2 aliphatic heterocycles. The molecule has 2 aliphatic rings. The normalized spacial score (nSPS) is 20.0. The zero-order chi connectivity index (χ0) is 20.3. The van der Waals surface area contributed by atoms with Crippen molar-refractivity contribution in [2.24, 2.45) is 0 Å². The van der Waals surface area contributed by atoms with Gasteiger partial charge in [-0.25, -0.2) is 9.07 Å². The molecule has 3 heterocycles. The first-order chi connectivity index (χ1) is 14.0. The Bertz CT molecular complexity index is 1190. The van der Waals surface area contributed by atoms with Crippen molar-refractivity contribution in [3.05, 3.63) is 71.2 Å². The summed E-state index contributed by atoms with van der Waals surface area (Å²) < 4.78 is 15.6. The summed E-state index contributed by atoms with van der Waals surface area (Å²) in [6.45, 7) is 4.19. The van der Waals surface area contributed by atoms with E-state index in [1.54, 1.807) is 21.8 Å². The first-order valence-corrected chi connectivity index (χ1v) is 9.53. The van der Waals surface area contributed by atoms with Gasteiger partial charge in [0.25, 0.3) is 0 Å². The zero-order valence-electron chi connectivity index (χ0n) is 16.1. The third-order valence-corrected chi connectivity index (χ3v) is 5.89. The highest BCUT2D eigenvalue weighted by atomic mass is 19.1. The lowest BCUT2D eigenvalue weighted by atomic mass is 9.72. The molecule has 0 radical (unpaired) electrons. The molecule has 1 N–H and O–H groups in total. The number of amides is 2. The fraction of sp³-hybridized carbons (Fsp3) is 0.227. The van der Waals surface area contributed by atoms with Crippen LogP contribution in [0.15, 0.2) is 48.7 Å². The minimum atomic E-state index is -1.20. The van der Waals surface area contributed by atoms with Gasteiger partial charge < -0.3 is 10.2 Å². The van der Waals surface area contributed by atoms with Crippen LogP contribution in [0.4, 0.5) is 15.9 Å². The highest BCUT2D eigenvalue weighted by molar-refractivity contribution is 6.15. The Morgan fingerprint density at radius 1 is 1.14 bits per heavy atom. The van der Waals surface area contributed by atoms with Crippen molar-refractivity contribution < 1.29 is 14.0 Å². The Labute approximate surface area is 166 Å². The average molecular weight is 390 g/mol. The van der Waals surface area contributed by atoms with Gasteiger partial charge in [-0.1, -0.05) is 24.3 Å². The number of carbonyl (C=O) groups is 2. The summed E-state index contributed by atoms with van der Waals surface area (Å²) in [5.74, 6) is -0.421. The highest BCUT2D eigenvalue weighted by Gasteiger charge is 2.57. The van der Waals surface area contributed by atoms with Gasteiger partial charge in [0.05, 0.1) is 17.6 Å². The number of anilines is 2. The molecule has 1 aromatic heterocycles. The van der Waals surface area contributed by atoms with E-state index in [1.807, 2.05) is 38.1 Å². The molecule has 2 amide bonds. The van der Waals surface area contributed by atoms with E-state index in [2.05, 4.69) is 10.4 Å². The first kappa shape index (κ1) is 17.6. The molecule has 0 saturated carbocycles. The molecule has 3 aromatic rings.